The predicted octanol–water partition coefficient (Wildman–Crippen LogP) is 2.20. The van der Waals surface area contributed by atoms with E-state index in [-0.39, 0.29) is 18.3 Å². The highest BCUT2D eigenvalue weighted by Gasteiger charge is 2.15. The van der Waals surface area contributed by atoms with Crippen molar-refractivity contribution < 1.29 is 14.8 Å². The maximum absolute atomic E-state index is 10.9. The summed E-state index contributed by atoms with van der Waals surface area (Å²) in [6.45, 7) is 4.30. The first-order valence-corrected chi connectivity index (χ1v) is 6.25. The molecule has 0 bridgehead atoms. The van der Waals surface area contributed by atoms with Gasteiger partial charge in [-0.05, 0) is 13.3 Å². The van der Waals surface area contributed by atoms with Crippen LogP contribution < -0.4 is 9.64 Å². The van der Waals surface area contributed by atoms with Crippen LogP contribution in [0, 0.1) is 10.1 Å². The maximum atomic E-state index is 10.9. The molecule has 6 heteroatoms. The summed E-state index contributed by atoms with van der Waals surface area (Å²) in [6, 6.07) is 4.51. The molecule has 1 atom stereocenters. The van der Waals surface area contributed by atoms with Crippen molar-refractivity contribution >= 4 is 11.4 Å². The predicted molar refractivity (Wildman–Crippen MR) is 73.8 cm³/mol. The number of aliphatic hydroxyl groups is 1. The topological polar surface area (TPSA) is 75.8 Å². The molecule has 106 valence electrons. The van der Waals surface area contributed by atoms with E-state index < -0.39 is 4.92 Å². The fourth-order valence-corrected chi connectivity index (χ4v) is 1.56. The van der Waals surface area contributed by atoms with Gasteiger partial charge in [0.1, 0.15) is 5.75 Å². The molecule has 0 aliphatic rings. The minimum atomic E-state index is -0.445. The van der Waals surface area contributed by atoms with Crippen molar-refractivity contribution in [2.45, 2.75) is 26.3 Å². The van der Waals surface area contributed by atoms with Gasteiger partial charge in [-0.2, -0.15) is 0 Å². The van der Waals surface area contributed by atoms with Gasteiger partial charge in [-0.3, -0.25) is 10.1 Å². The van der Waals surface area contributed by atoms with Crippen LogP contribution in [-0.2, 0) is 0 Å². The van der Waals surface area contributed by atoms with E-state index in [2.05, 4.69) is 0 Å². The fourth-order valence-electron chi connectivity index (χ4n) is 1.56. The number of aliphatic hydroxyl groups excluding tert-OH is 1. The molecule has 0 aliphatic heterocycles. The van der Waals surface area contributed by atoms with E-state index in [0.717, 1.165) is 6.42 Å². The Labute approximate surface area is 112 Å². The lowest BCUT2D eigenvalue weighted by atomic mass is 10.2. The second-order valence-corrected chi connectivity index (χ2v) is 4.43. The van der Waals surface area contributed by atoms with Crippen LogP contribution in [0.25, 0.3) is 0 Å². The molecule has 0 fully saturated rings. The van der Waals surface area contributed by atoms with Crippen LogP contribution in [-0.4, -0.2) is 36.3 Å². The van der Waals surface area contributed by atoms with Crippen LogP contribution in [0.4, 0.5) is 11.4 Å². The number of ether oxygens (including phenoxy) is 1. The first-order valence-electron chi connectivity index (χ1n) is 6.25. The zero-order valence-electron chi connectivity index (χ0n) is 11.5. The minimum Gasteiger partial charge on any atom is -0.493 e. The van der Waals surface area contributed by atoms with Crippen LogP contribution in [0.1, 0.15) is 20.3 Å². The number of likely N-dealkylation sites (N-methyl/N-ethyl adjacent to an activating group) is 1. The molecule has 0 aliphatic carbocycles. The average molecular weight is 268 g/mol. The molecule has 0 radical (unpaired) electrons. The summed E-state index contributed by atoms with van der Waals surface area (Å²) < 4.78 is 5.46. The fraction of sp³-hybridized carbons (Fsp3) is 0.538. The molecule has 6 nitrogen and oxygen atoms in total. The zero-order valence-corrected chi connectivity index (χ0v) is 11.5. The van der Waals surface area contributed by atoms with Gasteiger partial charge in [-0.15, -0.1) is 0 Å². The first kappa shape index (κ1) is 15.2. The summed E-state index contributed by atoms with van der Waals surface area (Å²) >= 11 is 0. The Balaban J connectivity index is 3.08. The van der Waals surface area contributed by atoms with Crippen LogP contribution in [0.3, 0.4) is 0 Å². The molecule has 1 aromatic carbocycles. The molecule has 0 saturated heterocycles. The number of nitrogens with zero attached hydrogens (tertiary/aromatic N) is 2. The number of benzene rings is 1. The molecule has 1 rings (SSSR count). The highest BCUT2D eigenvalue weighted by atomic mass is 16.6. The van der Waals surface area contributed by atoms with E-state index in [4.69, 9.17) is 9.84 Å². The standard InChI is InChI=1S/C13H20N2O4/c1-4-5-19-13-7-11(14(3)10(2)9-16)6-12(8-13)15(17)18/h6-8,10,16H,4-5,9H2,1-3H3. The van der Waals surface area contributed by atoms with Crippen LogP contribution in [0.2, 0.25) is 0 Å². The lowest BCUT2D eigenvalue weighted by Crippen LogP contribution is -2.31. The van der Waals surface area contributed by atoms with Gasteiger partial charge in [-0.25, -0.2) is 0 Å². The van der Waals surface area contributed by atoms with Crippen LogP contribution >= 0.6 is 0 Å². The Kier molecular flexibility index (Phi) is 5.57. The van der Waals surface area contributed by atoms with Crippen molar-refractivity contribution in [2.75, 3.05) is 25.2 Å². The van der Waals surface area contributed by atoms with Gasteiger partial charge in [0.2, 0.25) is 0 Å². The van der Waals surface area contributed by atoms with Crippen LogP contribution in [0.5, 0.6) is 5.75 Å². The summed E-state index contributed by atoms with van der Waals surface area (Å²) in [7, 11) is 1.78. The molecule has 0 saturated carbocycles. The van der Waals surface area contributed by atoms with Gasteiger partial charge in [0.15, 0.2) is 0 Å². The maximum Gasteiger partial charge on any atom is 0.275 e. The minimum absolute atomic E-state index is 0.0133. The molecule has 1 unspecified atom stereocenters. The molecule has 1 aromatic rings. The molecule has 0 spiro atoms. The van der Waals surface area contributed by atoms with Gasteiger partial charge in [-0.1, -0.05) is 6.92 Å². The highest BCUT2D eigenvalue weighted by molar-refractivity contribution is 5.58. The lowest BCUT2D eigenvalue weighted by Gasteiger charge is -2.25. The van der Waals surface area contributed by atoms with Gasteiger partial charge in [0, 0.05) is 30.9 Å². The molecule has 0 amide bonds. The van der Waals surface area contributed by atoms with Crippen molar-refractivity contribution in [3.8, 4) is 5.75 Å². The van der Waals surface area contributed by atoms with Gasteiger partial charge in [0.05, 0.1) is 24.2 Å². The van der Waals surface area contributed by atoms with E-state index in [9.17, 15) is 10.1 Å². The van der Waals surface area contributed by atoms with Gasteiger partial charge >= 0.3 is 0 Å². The third-order valence-electron chi connectivity index (χ3n) is 2.89. The summed E-state index contributed by atoms with van der Waals surface area (Å²) in [5.74, 6) is 0.475. The number of nitro groups is 1. The second kappa shape index (κ2) is 6.94. The Morgan fingerprint density at radius 2 is 2.16 bits per heavy atom. The van der Waals surface area contributed by atoms with E-state index >= 15 is 0 Å². The largest absolute Gasteiger partial charge is 0.493 e. The van der Waals surface area contributed by atoms with Crippen molar-refractivity contribution in [1.82, 2.24) is 0 Å². The Bertz CT molecular complexity index is 437. The molecule has 1 N–H and O–H groups in total. The van der Waals surface area contributed by atoms with Crippen molar-refractivity contribution in [1.29, 1.82) is 0 Å². The number of nitro benzene ring substituents is 1. The normalized spacial score (nSPS) is 12.0. The number of anilines is 1. The zero-order chi connectivity index (χ0) is 14.4. The van der Waals surface area contributed by atoms with Gasteiger partial charge in [0.25, 0.3) is 5.69 Å². The molecule has 0 aromatic heterocycles. The van der Waals surface area contributed by atoms with Gasteiger partial charge < -0.3 is 14.7 Å². The third-order valence-corrected chi connectivity index (χ3v) is 2.89. The van der Waals surface area contributed by atoms with E-state index in [1.807, 2.05) is 13.8 Å². The molecule has 19 heavy (non-hydrogen) atoms. The number of non-ortho nitro benzene ring substituents is 1. The Hall–Kier alpha value is -1.82. The number of hydrogen-bond donors (Lipinski definition) is 1. The molecule has 0 heterocycles. The third kappa shape index (κ3) is 4.10. The smallest absolute Gasteiger partial charge is 0.275 e. The summed E-state index contributed by atoms with van der Waals surface area (Å²) in [5, 5.41) is 20.1. The Morgan fingerprint density at radius 1 is 1.47 bits per heavy atom. The molecular weight excluding hydrogens is 248 g/mol. The van der Waals surface area contributed by atoms with E-state index in [1.165, 1.54) is 12.1 Å². The summed E-state index contributed by atoms with van der Waals surface area (Å²) in [4.78, 5) is 12.3. The summed E-state index contributed by atoms with van der Waals surface area (Å²) in [6.07, 6.45) is 0.834. The number of rotatable bonds is 7. The first-order chi connectivity index (χ1) is 8.99. The van der Waals surface area contributed by atoms with Crippen molar-refractivity contribution in [3.05, 3.63) is 28.3 Å². The monoisotopic (exact) mass is 268 g/mol. The SMILES string of the molecule is CCCOc1cc(N(C)C(C)CO)cc([N+](=O)[O-])c1. The van der Waals surface area contributed by atoms with Crippen molar-refractivity contribution in [2.24, 2.45) is 0 Å². The average Bonchev–Trinajstić information content (AvgIpc) is 2.42. The summed E-state index contributed by atoms with van der Waals surface area (Å²) in [5.41, 5.74) is 0.641. The molecular formula is C13H20N2O4. The van der Waals surface area contributed by atoms with E-state index in [1.54, 1.807) is 18.0 Å². The van der Waals surface area contributed by atoms with Crippen molar-refractivity contribution in [3.63, 3.8) is 0 Å². The quantitative estimate of drug-likeness (QED) is 0.606. The van der Waals surface area contributed by atoms with E-state index in [0.29, 0.717) is 18.0 Å². The highest BCUT2D eigenvalue weighted by Crippen LogP contribution is 2.29. The van der Waals surface area contributed by atoms with Crippen LogP contribution in [0.15, 0.2) is 18.2 Å². The second-order valence-electron chi connectivity index (χ2n) is 4.43. The Morgan fingerprint density at radius 3 is 2.68 bits per heavy atom. The number of hydrogen-bond acceptors (Lipinski definition) is 5. The lowest BCUT2D eigenvalue weighted by molar-refractivity contribution is -0.384.